The van der Waals surface area contributed by atoms with Gasteiger partial charge in [-0.2, -0.15) is 0 Å². The van der Waals surface area contributed by atoms with E-state index in [9.17, 15) is 0 Å². The number of nitrogens with zero attached hydrogens (tertiary/aromatic N) is 3. The van der Waals surface area contributed by atoms with Crippen molar-refractivity contribution in [2.45, 2.75) is 20.4 Å². The van der Waals surface area contributed by atoms with Crippen LogP contribution in [0.2, 0.25) is 0 Å². The van der Waals surface area contributed by atoms with Gasteiger partial charge in [0.1, 0.15) is 0 Å². The number of hydrogen-bond acceptors (Lipinski definition) is 5. The lowest BCUT2D eigenvalue weighted by Gasteiger charge is -2.01. The summed E-state index contributed by atoms with van der Waals surface area (Å²) in [6.45, 7) is 4.57. The molecule has 0 aromatic carbocycles. The van der Waals surface area contributed by atoms with Crippen LogP contribution in [0, 0.1) is 13.8 Å². The summed E-state index contributed by atoms with van der Waals surface area (Å²) in [6, 6.07) is 0. The van der Waals surface area contributed by atoms with Gasteiger partial charge in [0.15, 0.2) is 5.13 Å². The van der Waals surface area contributed by atoms with Crippen LogP contribution in [0.5, 0.6) is 0 Å². The van der Waals surface area contributed by atoms with Crippen molar-refractivity contribution in [2.75, 3.05) is 5.32 Å². The monoisotopic (exact) mass is 220 g/mol. The van der Waals surface area contributed by atoms with E-state index < -0.39 is 0 Å². The van der Waals surface area contributed by atoms with Crippen LogP contribution in [0.15, 0.2) is 17.8 Å². The van der Waals surface area contributed by atoms with Crippen LogP contribution in [-0.2, 0) is 6.54 Å². The lowest BCUT2D eigenvalue weighted by atomic mass is 10.4. The van der Waals surface area contributed by atoms with Crippen molar-refractivity contribution < 1.29 is 0 Å². The Labute approximate surface area is 92.4 Å². The molecule has 0 unspecified atom stereocenters. The van der Waals surface area contributed by atoms with Gasteiger partial charge in [0, 0.05) is 11.6 Å². The molecule has 0 radical (unpaired) electrons. The summed E-state index contributed by atoms with van der Waals surface area (Å²) in [5.74, 6) is 0. The number of aromatic nitrogens is 3. The molecule has 0 amide bonds. The van der Waals surface area contributed by atoms with Crippen LogP contribution in [0.1, 0.15) is 17.1 Å². The second kappa shape index (κ2) is 4.35. The summed E-state index contributed by atoms with van der Waals surface area (Å²) in [4.78, 5) is 12.7. The van der Waals surface area contributed by atoms with Crippen LogP contribution >= 0.6 is 11.3 Å². The first kappa shape index (κ1) is 10.0. The fraction of sp³-hybridized carbons (Fsp3) is 0.300. The van der Waals surface area contributed by atoms with Gasteiger partial charge in [-0.05, 0) is 13.8 Å². The van der Waals surface area contributed by atoms with E-state index in [0.717, 1.165) is 22.2 Å². The quantitative estimate of drug-likeness (QED) is 0.861. The van der Waals surface area contributed by atoms with Gasteiger partial charge in [0.05, 0.1) is 29.8 Å². The number of hydrogen-bond donors (Lipinski definition) is 1. The zero-order chi connectivity index (χ0) is 10.7. The SMILES string of the molecule is Cc1cnc(CNc2nc(C)cs2)cn1. The molecule has 2 aromatic heterocycles. The molecule has 4 nitrogen and oxygen atoms in total. The van der Waals surface area contributed by atoms with E-state index >= 15 is 0 Å². The Morgan fingerprint density at radius 3 is 2.67 bits per heavy atom. The Morgan fingerprint density at radius 1 is 1.20 bits per heavy atom. The molecule has 2 rings (SSSR count). The number of nitrogens with one attached hydrogen (secondary N) is 1. The maximum Gasteiger partial charge on any atom is 0.183 e. The molecule has 0 saturated heterocycles. The van der Waals surface area contributed by atoms with Gasteiger partial charge in [-0.25, -0.2) is 4.98 Å². The Morgan fingerprint density at radius 2 is 2.07 bits per heavy atom. The topological polar surface area (TPSA) is 50.7 Å². The van der Waals surface area contributed by atoms with E-state index in [0.29, 0.717) is 6.54 Å². The van der Waals surface area contributed by atoms with Crippen molar-refractivity contribution in [3.05, 3.63) is 34.9 Å². The van der Waals surface area contributed by atoms with Crippen molar-refractivity contribution in [1.29, 1.82) is 0 Å². The van der Waals surface area contributed by atoms with Gasteiger partial charge in [-0.3, -0.25) is 9.97 Å². The van der Waals surface area contributed by atoms with Crippen molar-refractivity contribution in [3.8, 4) is 0 Å². The number of anilines is 1. The fourth-order valence-corrected chi connectivity index (χ4v) is 1.80. The molecule has 1 N–H and O–H groups in total. The zero-order valence-corrected chi connectivity index (χ0v) is 9.51. The molecule has 0 saturated carbocycles. The molecule has 15 heavy (non-hydrogen) atoms. The lowest BCUT2D eigenvalue weighted by molar-refractivity contribution is 0.980. The minimum Gasteiger partial charge on any atom is -0.356 e. The molecule has 0 spiro atoms. The molecule has 0 aliphatic carbocycles. The van der Waals surface area contributed by atoms with E-state index in [4.69, 9.17) is 0 Å². The molecule has 5 heteroatoms. The molecule has 2 aromatic rings. The molecular weight excluding hydrogens is 208 g/mol. The van der Waals surface area contributed by atoms with Crippen molar-refractivity contribution in [2.24, 2.45) is 0 Å². The largest absolute Gasteiger partial charge is 0.356 e. The first-order valence-corrected chi connectivity index (χ1v) is 5.55. The Kier molecular flexibility index (Phi) is 2.91. The van der Waals surface area contributed by atoms with Gasteiger partial charge >= 0.3 is 0 Å². The molecule has 2 heterocycles. The van der Waals surface area contributed by atoms with Crippen molar-refractivity contribution in [3.63, 3.8) is 0 Å². The average Bonchev–Trinajstić information content (AvgIpc) is 2.64. The smallest absolute Gasteiger partial charge is 0.183 e. The third-order valence-corrected chi connectivity index (χ3v) is 2.79. The molecule has 0 aliphatic heterocycles. The number of rotatable bonds is 3. The Balaban J connectivity index is 1.96. The Bertz CT molecular complexity index is 435. The highest BCUT2D eigenvalue weighted by Gasteiger charge is 1.99. The van der Waals surface area contributed by atoms with Crippen LogP contribution < -0.4 is 5.32 Å². The fourth-order valence-electron chi connectivity index (χ4n) is 1.11. The second-order valence-corrected chi connectivity index (χ2v) is 4.15. The van der Waals surface area contributed by atoms with Crippen LogP contribution in [0.4, 0.5) is 5.13 Å². The molecule has 0 aliphatic rings. The van der Waals surface area contributed by atoms with E-state index in [2.05, 4.69) is 20.3 Å². The van der Waals surface area contributed by atoms with Gasteiger partial charge in [0.25, 0.3) is 0 Å². The average molecular weight is 220 g/mol. The van der Waals surface area contributed by atoms with Crippen LogP contribution in [-0.4, -0.2) is 15.0 Å². The minimum atomic E-state index is 0.667. The minimum absolute atomic E-state index is 0.667. The highest BCUT2D eigenvalue weighted by Crippen LogP contribution is 2.14. The summed E-state index contributed by atoms with van der Waals surface area (Å²) in [5, 5.41) is 6.15. The Hall–Kier alpha value is -1.49. The maximum atomic E-state index is 4.30. The summed E-state index contributed by atoms with van der Waals surface area (Å²) >= 11 is 1.60. The normalized spacial score (nSPS) is 10.3. The zero-order valence-electron chi connectivity index (χ0n) is 8.69. The van der Waals surface area contributed by atoms with Crippen LogP contribution in [0.3, 0.4) is 0 Å². The highest BCUT2D eigenvalue weighted by molar-refractivity contribution is 7.13. The van der Waals surface area contributed by atoms with Gasteiger partial charge < -0.3 is 5.32 Å². The standard InChI is InChI=1S/C10H12N4S/c1-7-3-12-9(4-11-7)5-13-10-14-8(2)6-15-10/h3-4,6H,5H2,1-2H3,(H,13,14). The molecule has 78 valence electrons. The highest BCUT2D eigenvalue weighted by atomic mass is 32.1. The predicted octanol–water partition coefficient (Wildman–Crippen LogP) is 2.16. The van der Waals surface area contributed by atoms with E-state index in [-0.39, 0.29) is 0 Å². The summed E-state index contributed by atoms with van der Waals surface area (Å²) in [5.41, 5.74) is 2.90. The summed E-state index contributed by atoms with van der Waals surface area (Å²) < 4.78 is 0. The summed E-state index contributed by atoms with van der Waals surface area (Å²) in [6.07, 6.45) is 3.55. The molecular formula is C10H12N4S. The van der Waals surface area contributed by atoms with E-state index in [1.165, 1.54) is 0 Å². The molecule has 0 bridgehead atoms. The van der Waals surface area contributed by atoms with Gasteiger partial charge in [0.2, 0.25) is 0 Å². The van der Waals surface area contributed by atoms with Gasteiger partial charge in [-0.15, -0.1) is 11.3 Å². The molecule has 0 fully saturated rings. The lowest BCUT2D eigenvalue weighted by Crippen LogP contribution is -2.02. The number of aryl methyl sites for hydroxylation is 2. The third-order valence-electron chi connectivity index (χ3n) is 1.87. The van der Waals surface area contributed by atoms with E-state index in [1.54, 1.807) is 23.7 Å². The first-order chi connectivity index (χ1) is 7.24. The first-order valence-electron chi connectivity index (χ1n) is 4.67. The van der Waals surface area contributed by atoms with E-state index in [1.807, 2.05) is 19.2 Å². The van der Waals surface area contributed by atoms with Crippen molar-refractivity contribution >= 4 is 16.5 Å². The van der Waals surface area contributed by atoms with Crippen LogP contribution in [0.25, 0.3) is 0 Å². The number of thiazole rings is 1. The van der Waals surface area contributed by atoms with Crippen molar-refractivity contribution in [1.82, 2.24) is 15.0 Å². The summed E-state index contributed by atoms with van der Waals surface area (Å²) in [7, 11) is 0. The van der Waals surface area contributed by atoms with Gasteiger partial charge in [-0.1, -0.05) is 0 Å². The second-order valence-electron chi connectivity index (χ2n) is 3.30. The maximum absolute atomic E-state index is 4.30. The third kappa shape index (κ3) is 2.73. The molecule has 0 atom stereocenters. The predicted molar refractivity (Wildman–Crippen MR) is 60.9 cm³/mol.